The molecule has 0 radical (unpaired) electrons. The van der Waals surface area contributed by atoms with E-state index in [1.165, 1.54) is 4.90 Å². The lowest BCUT2D eigenvalue weighted by Gasteiger charge is -2.35. The summed E-state index contributed by atoms with van der Waals surface area (Å²) in [5.74, 6) is -2.51. The van der Waals surface area contributed by atoms with Crippen molar-refractivity contribution in [3.05, 3.63) is 113 Å². The van der Waals surface area contributed by atoms with Gasteiger partial charge in [0.15, 0.2) is 0 Å². The van der Waals surface area contributed by atoms with Crippen LogP contribution in [0.25, 0.3) is 16.8 Å². The van der Waals surface area contributed by atoms with E-state index in [0.29, 0.717) is 16.4 Å². The second-order valence-electron chi connectivity index (χ2n) is 9.84. The number of imide groups is 1. The molecule has 3 heterocycles. The van der Waals surface area contributed by atoms with Gasteiger partial charge < -0.3 is 10.2 Å². The number of rotatable bonds is 3. The molecule has 38 heavy (non-hydrogen) atoms. The summed E-state index contributed by atoms with van der Waals surface area (Å²) >= 11 is 6.02. The van der Waals surface area contributed by atoms with Crippen LogP contribution in [0.5, 0.6) is 0 Å². The number of nitrogens with one attached hydrogen (secondary N) is 1. The van der Waals surface area contributed by atoms with Crippen molar-refractivity contribution in [3.63, 3.8) is 0 Å². The van der Waals surface area contributed by atoms with E-state index in [1.807, 2.05) is 77.8 Å². The Kier molecular flexibility index (Phi) is 5.13. The fourth-order valence-electron chi connectivity index (χ4n) is 6.25. The maximum Gasteiger partial charge on any atom is 0.247 e. The van der Waals surface area contributed by atoms with Crippen LogP contribution in [0.2, 0.25) is 5.02 Å². The van der Waals surface area contributed by atoms with Gasteiger partial charge in [-0.25, -0.2) is 4.90 Å². The molecule has 7 rings (SSSR count). The fraction of sp³-hybridized carbons (Fsp3) is 0.129. The molecule has 0 aromatic heterocycles. The Hall–Kier alpha value is -4.42. The van der Waals surface area contributed by atoms with Crippen LogP contribution in [-0.2, 0) is 14.4 Å². The average Bonchev–Trinajstić information content (AvgIpc) is 3.42. The molecule has 4 atom stereocenters. The number of anilines is 2. The third-order valence-corrected chi connectivity index (χ3v) is 8.10. The molecule has 0 spiro atoms. The standard InChI is InChI=1S/C31H22ClN3O3/c32-20-12-14-21(15-13-20)33-29(36)28-26-25(27-23-10-4-2-7-19(23)16-17-34(27)28)30(37)35(31(26)38)24-11-5-8-18-6-1-3-9-22(18)24/h1-17,25-28H,(H,33,36)/t25-,26+,27-,28-/m0/s1. The highest BCUT2D eigenvalue weighted by atomic mass is 35.5. The van der Waals surface area contributed by atoms with Gasteiger partial charge in [-0.05, 0) is 52.9 Å². The molecule has 2 saturated heterocycles. The van der Waals surface area contributed by atoms with E-state index in [4.69, 9.17) is 11.6 Å². The van der Waals surface area contributed by atoms with E-state index in [1.54, 1.807) is 30.3 Å². The molecule has 7 heteroatoms. The third-order valence-electron chi connectivity index (χ3n) is 7.85. The van der Waals surface area contributed by atoms with Gasteiger partial charge in [0.05, 0.1) is 23.6 Å². The predicted octanol–water partition coefficient (Wildman–Crippen LogP) is 5.65. The number of hydrogen-bond acceptors (Lipinski definition) is 4. The molecule has 6 nitrogen and oxygen atoms in total. The van der Waals surface area contributed by atoms with Crippen molar-refractivity contribution < 1.29 is 14.4 Å². The monoisotopic (exact) mass is 519 g/mol. The molecular formula is C31H22ClN3O3. The van der Waals surface area contributed by atoms with Crippen molar-refractivity contribution in [2.24, 2.45) is 11.8 Å². The first-order valence-corrected chi connectivity index (χ1v) is 12.9. The Morgan fingerprint density at radius 2 is 1.50 bits per heavy atom. The molecule has 0 bridgehead atoms. The molecule has 0 aliphatic carbocycles. The minimum absolute atomic E-state index is 0.279. The van der Waals surface area contributed by atoms with Gasteiger partial charge in [0.1, 0.15) is 6.04 Å². The zero-order valence-electron chi connectivity index (χ0n) is 20.1. The van der Waals surface area contributed by atoms with Crippen LogP contribution in [-0.4, -0.2) is 28.7 Å². The highest BCUT2D eigenvalue weighted by Gasteiger charge is 2.64. The molecule has 4 aromatic carbocycles. The van der Waals surface area contributed by atoms with Crippen LogP contribution in [0.3, 0.4) is 0 Å². The number of fused-ring (bicyclic) bond motifs is 6. The SMILES string of the molecule is O=C(Nc1ccc(Cl)cc1)[C@@H]1[C@@H]2C(=O)N(c3cccc4ccccc34)C(=O)[C@@H]2[C@@H]2c3ccccc3C=CN12. The van der Waals surface area contributed by atoms with E-state index in [9.17, 15) is 14.4 Å². The lowest BCUT2D eigenvalue weighted by molar-refractivity contribution is -0.128. The Morgan fingerprint density at radius 1 is 0.789 bits per heavy atom. The average molecular weight is 520 g/mol. The van der Waals surface area contributed by atoms with Crippen molar-refractivity contribution in [1.82, 2.24) is 4.90 Å². The van der Waals surface area contributed by atoms with Gasteiger partial charge in [-0.3, -0.25) is 14.4 Å². The van der Waals surface area contributed by atoms with E-state index in [2.05, 4.69) is 5.32 Å². The number of carbonyl (C=O) groups is 3. The number of halogens is 1. The van der Waals surface area contributed by atoms with Gasteiger partial charge in [-0.15, -0.1) is 0 Å². The Balaban J connectivity index is 1.35. The maximum absolute atomic E-state index is 14.2. The summed E-state index contributed by atoms with van der Waals surface area (Å²) in [6.45, 7) is 0. The highest BCUT2D eigenvalue weighted by molar-refractivity contribution is 6.30. The van der Waals surface area contributed by atoms with Crippen molar-refractivity contribution in [2.75, 3.05) is 10.2 Å². The molecule has 1 N–H and O–H groups in total. The van der Waals surface area contributed by atoms with Crippen molar-refractivity contribution >= 4 is 57.5 Å². The summed E-state index contributed by atoms with van der Waals surface area (Å²) in [6.07, 6.45) is 3.78. The Bertz CT molecular complexity index is 1660. The van der Waals surface area contributed by atoms with E-state index in [-0.39, 0.29) is 17.7 Å². The van der Waals surface area contributed by atoms with E-state index >= 15 is 0 Å². The Labute approximate surface area is 224 Å². The van der Waals surface area contributed by atoms with Gasteiger partial charge in [-0.2, -0.15) is 0 Å². The molecule has 0 saturated carbocycles. The van der Waals surface area contributed by atoms with Gasteiger partial charge in [0, 0.05) is 22.3 Å². The van der Waals surface area contributed by atoms with Crippen molar-refractivity contribution in [3.8, 4) is 0 Å². The normalized spacial score (nSPS) is 23.4. The maximum atomic E-state index is 14.2. The van der Waals surface area contributed by atoms with Gasteiger partial charge in [-0.1, -0.05) is 72.3 Å². The first kappa shape index (κ1) is 22.8. The second kappa shape index (κ2) is 8.57. The predicted molar refractivity (Wildman–Crippen MR) is 147 cm³/mol. The first-order chi connectivity index (χ1) is 18.5. The minimum atomic E-state index is -0.860. The highest BCUT2D eigenvalue weighted by Crippen LogP contribution is 2.53. The molecular weight excluding hydrogens is 498 g/mol. The van der Waals surface area contributed by atoms with Crippen LogP contribution in [0.4, 0.5) is 11.4 Å². The first-order valence-electron chi connectivity index (χ1n) is 12.5. The zero-order chi connectivity index (χ0) is 26.0. The second-order valence-corrected chi connectivity index (χ2v) is 10.3. The number of nitrogens with zero attached hydrogens (tertiary/aromatic N) is 2. The van der Waals surface area contributed by atoms with Gasteiger partial charge in [0.25, 0.3) is 0 Å². The summed E-state index contributed by atoms with van der Waals surface area (Å²) in [6, 6.07) is 26.7. The molecule has 0 unspecified atom stereocenters. The smallest absolute Gasteiger partial charge is 0.247 e. The van der Waals surface area contributed by atoms with Crippen LogP contribution in [0.15, 0.2) is 97.2 Å². The van der Waals surface area contributed by atoms with Crippen LogP contribution in [0, 0.1) is 11.8 Å². The summed E-state index contributed by atoms with van der Waals surface area (Å²) in [5.41, 5.74) is 3.04. The summed E-state index contributed by atoms with van der Waals surface area (Å²) in [4.78, 5) is 45.4. The molecule has 3 amide bonds. The number of carbonyl (C=O) groups excluding carboxylic acids is 3. The lowest BCUT2D eigenvalue weighted by atomic mass is 9.84. The molecule has 3 aliphatic heterocycles. The molecule has 2 fully saturated rings. The summed E-state index contributed by atoms with van der Waals surface area (Å²) < 4.78 is 0. The molecule has 186 valence electrons. The number of benzene rings is 4. The zero-order valence-corrected chi connectivity index (χ0v) is 20.9. The number of amides is 3. The number of hydrogen-bond donors (Lipinski definition) is 1. The Morgan fingerprint density at radius 3 is 2.34 bits per heavy atom. The van der Waals surface area contributed by atoms with Crippen LogP contribution < -0.4 is 10.2 Å². The van der Waals surface area contributed by atoms with Crippen LogP contribution in [0.1, 0.15) is 17.2 Å². The van der Waals surface area contributed by atoms with E-state index in [0.717, 1.165) is 21.9 Å². The molecule has 4 aromatic rings. The van der Waals surface area contributed by atoms with Gasteiger partial charge in [0.2, 0.25) is 17.7 Å². The third kappa shape index (κ3) is 3.30. The van der Waals surface area contributed by atoms with E-state index < -0.39 is 23.9 Å². The quantitative estimate of drug-likeness (QED) is 0.355. The van der Waals surface area contributed by atoms with Crippen molar-refractivity contribution in [2.45, 2.75) is 12.1 Å². The topological polar surface area (TPSA) is 69.7 Å². The minimum Gasteiger partial charge on any atom is -0.357 e. The lowest BCUT2D eigenvalue weighted by Crippen LogP contribution is -2.46. The van der Waals surface area contributed by atoms with Gasteiger partial charge >= 0.3 is 0 Å². The molecule has 3 aliphatic rings. The van der Waals surface area contributed by atoms with Crippen molar-refractivity contribution in [1.29, 1.82) is 0 Å². The largest absolute Gasteiger partial charge is 0.357 e. The summed E-state index contributed by atoms with van der Waals surface area (Å²) in [7, 11) is 0. The fourth-order valence-corrected chi connectivity index (χ4v) is 6.37. The summed E-state index contributed by atoms with van der Waals surface area (Å²) in [5, 5.41) is 5.26. The van der Waals surface area contributed by atoms with Crippen LogP contribution >= 0.6 is 11.6 Å².